The molecule has 0 unspecified atom stereocenters. The van der Waals surface area contributed by atoms with Crippen LogP contribution < -0.4 is 21.2 Å². The van der Waals surface area contributed by atoms with Crippen molar-refractivity contribution >= 4 is 24.4 Å². The van der Waals surface area contributed by atoms with E-state index in [-0.39, 0.29) is 45.9 Å². The van der Waals surface area contributed by atoms with Crippen molar-refractivity contribution in [2.24, 2.45) is 0 Å². The zero-order chi connectivity index (χ0) is 11.4. The van der Waals surface area contributed by atoms with Crippen LogP contribution in [0.3, 0.4) is 0 Å². The Morgan fingerprint density at radius 1 is 1.31 bits per heavy atom. The third-order valence-corrected chi connectivity index (χ3v) is 6.43. The molecule has 5 heteroatoms. The second kappa shape index (κ2) is 6.08. The molecular formula is C11H11I2O3-. The van der Waals surface area contributed by atoms with Crippen LogP contribution in [-0.4, -0.2) is 24.1 Å². The van der Waals surface area contributed by atoms with Crippen molar-refractivity contribution in [2.75, 3.05) is 0 Å². The molecule has 16 heavy (non-hydrogen) atoms. The Balaban J connectivity index is 2.04. The summed E-state index contributed by atoms with van der Waals surface area (Å²) in [4.78, 5) is 0. The number of aliphatic hydroxyl groups is 2. The molecule has 0 saturated heterocycles. The number of aliphatic hydroxyl groups excluding tert-OH is 1. The molecule has 0 aromatic heterocycles. The van der Waals surface area contributed by atoms with Crippen LogP contribution in [0.1, 0.15) is 0 Å². The fraction of sp³-hybridized carbons (Fsp3) is 0.182. The van der Waals surface area contributed by atoms with Crippen LogP contribution in [0, 0.1) is 0 Å². The van der Waals surface area contributed by atoms with Gasteiger partial charge in [-0.15, -0.1) is 0 Å². The van der Waals surface area contributed by atoms with Crippen molar-refractivity contribution in [3.63, 3.8) is 0 Å². The summed E-state index contributed by atoms with van der Waals surface area (Å²) >= 11 is -0.485. The molecule has 0 aromatic carbocycles. The first kappa shape index (κ1) is 12.5. The molecule has 0 bridgehead atoms. The third kappa shape index (κ3) is 3.51. The van der Waals surface area contributed by atoms with Crippen molar-refractivity contribution in [3.8, 4) is 0 Å². The van der Waals surface area contributed by atoms with Gasteiger partial charge in [0, 0.05) is 0 Å². The molecule has 2 N–H and O–H groups in total. The molecule has 2 heterocycles. The van der Waals surface area contributed by atoms with Crippen molar-refractivity contribution < 1.29 is 36.2 Å². The first-order valence-corrected chi connectivity index (χ1v) is 9.45. The average molecular weight is 445 g/mol. The van der Waals surface area contributed by atoms with Gasteiger partial charge < -0.3 is 0 Å². The van der Waals surface area contributed by atoms with Gasteiger partial charge in [0.2, 0.25) is 0 Å². The minimum atomic E-state index is -1.27. The van der Waals surface area contributed by atoms with Crippen molar-refractivity contribution in [1.29, 1.82) is 0 Å². The first-order valence-electron chi connectivity index (χ1n) is 4.63. The molecule has 2 rings (SSSR count). The summed E-state index contributed by atoms with van der Waals surface area (Å²) in [5.74, 6) is 0.735. The van der Waals surface area contributed by atoms with Gasteiger partial charge in [-0.3, -0.25) is 0 Å². The summed E-state index contributed by atoms with van der Waals surface area (Å²) in [6.45, 7) is 0. The van der Waals surface area contributed by atoms with Crippen LogP contribution in [-0.2, 0) is 4.74 Å². The fourth-order valence-electron chi connectivity index (χ4n) is 1.13. The fourth-order valence-corrected chi connectivity index (χ4v) is 4.70. The summed E-state index contributed by atoms with van der Waals surface area (Å²) in [6, 6.07) is 0. The van der Waals surface area contributed by atoms with Gasteiger partial charge in [0.1, 0.15) is 0 Å². The maximum absolute atomic E-state index is 9.12. The molecule has 0 aromatic rings. The van der Waals surface area contributed by atoms with Crippen molar-refractivity contribution in [3.05, 3.63) is 44.3 Å². The van der Waals surface area contributed by atoms with Crippen LogP contribution in [0.5, 0.6) is 0 Å². The second-order valence-electron chi connectivity index (χ2n) is 3.04. The SMILES string of the molecule is OC(O)[C@H]1C=C(OC2=IC=CC=C2)C=C[I-]1. The Morgan fingerprint density at radius 3 is 2.88 bits per heavy atom. The van der Waals surface area contributed by atoms with Gasteiger partial charge in [0.25, 0.3) is 0 Å². The zero-order valence-electron chi connectivity index (χ0n) is 8.25. The number of allylic oxidation sites excluding steroid dienone is 3. The summed E-state index contributed by atoms with van der Waals surface area (Å²) in [5, 5.41) is 18.2. The Labute approximate surface area is 114 Å². The molecule has 2 aliphatic rings. The quantitative estimate of drug-likeness (QED) is 0.312. The van der Waals surface area contributed by atoms with Crippen molar-refractivity contribution in [2.45, 2.75) is 10.2 Å². The molecule has 0 radical (unpaired) electrons. The normalized spacial score (nSPS) is 24.3. The number of ether oxygens (including phenoxy) is 1. The summed E-state index contributed by atoms with van der Waals surface area (Å²) in [7, 11) is 0. The van der Waals surface area contributed by atoms with E-state index < -0.39 is 6.29 Å². The van der Waals surface area contributed by atoms with Gasteiger partial charge in [-0.05, 0) is 0 Å². The van der Waals surface area contributed by atoms with E-state index in [0.717, 1.165) is 9.45 Å². The minimum absolute atomic E-state index is 0.152. The van der Waals surface area contributed by atoms with E-state index >= 15 is 0 Å². The van der Waals surface area contributed by atoms with E-state index in [1.165, 1.54) is 0 Å². The average Bonchev–Trinajstić information content (AvgIpc) is 2.30. The number of rotatable bonds is 3. The Bertz CT molecular complexity index is 405. The Morgan fingerprint density at radius 2 is 2.19 bits per heavy atom. The zero-order valence-corrected chi connectivity index (χ0v) is 12.6. The van der Waals surface area contributed by atoms with E-state index in [0.29, 0.717) is 0 Å². The van der Waals surface area contributed by atoms with Crippen LogP contribution in [0.4, 0.5) is 0 Å². The summed E-state index contributed by atoms with van der Waals surface area (Å²) in [5.41, 5.74) is 0. The summed E-state index contributed by atoms with van der Waals surface area (Å²) in [6.07, 6.45) is 8.43. The topological polar surface area (TPSA) is 49.7 Å². The van der Waals surface area contributed by atoms with Gasteiger partial charge in [-0.1, -0.05) is 0 Å². The molecule has 0 saturated carbocycles. The van der Waals surface area contributed by atoms with E-state index in [2.05, 4.69) is 4.08 Å². The van der Waals surface area contributed by atoms with E-state index in [1.807, 2.05) is 34.5 Å². The van der Waals surface area contributed by atoms with E-state index in [4.69, 9.17) is 14.9 Å². The van der Waals surface area contributed by atoms with E-state index in [9.17, 15) is 0 Å². The second-order valence-corrected chi connectivity index (χ2v) is 8.32. The predicted octanol–water partition coefficient (Wildman–Crippen LogP) is -1.63. The summed E-state index contributed by atoms with van der Waals surface area (Å²) < 4.78 is 10.7. The molecule has 0 fully saturated rings. The van der Waals surface area contributed by atoms with E-state index in [1.54, 1.807) is 0 Å². The predicted molar refractivity (Wildman–Crippen MR) is 67.6 cm³/mol. The Kier molecular flexibility index (Phi) is 4.74. The number of hydrogen-bond acceptors (Lipinski definition) is 3. The molecule has 0 amide bonds. The van der Waals surface area contributed by atoms with Crippen LogP contribution >= 0.6 is 20.7 Å². The van der Waals surface area contributed by atoms with Crippen LogP contribution in [0.2, 0.25) is 0 Å². The maximum atomic E-state index is 9.12. The molecule has 3 nitrogen and oxygen atoms in total. The number of halogens is 2. The van der Waals surface area contributed by atoms with Gasteiger partial charge in [-0.25, -0.2) is 0 Å². The van der Waals surface area contributed by atoms with Crippen LogP contribution in [0.25, 0.3) is 0 Å². The standard InChI is InChI=1S/C11H11I2O3/c14-11(15)9-7-8(4-6-12-9)16-10-3-1-2-5-13-10/h1-7,9,11,14-15H/q-1/t9-/m1/s1. The molecule has 88 valence electrons. The van der Waals surface area contributed by atoms with Crippen molar-refractivity contribution in [1.82, 2.24) is 0 Å². The number of hydrogen-bond donors (Lipinski definition) is 2. The van der Waals surface area contributed by atoms with Gasteiger partial charge in [0.05, 0.1) is 0 Å². The van der Waals surface area contributed by atoms with Crippen LogP contribution in [0.15, 0.2) is 44.3 Å². The first-order chi connectivity index (χ1) is 7.75. The monoisotopic (exact) mass is 445 g/mol. The molecule has 0 spiro atoms. The molecule has 0 aliphatic carbocycles. The molecular weight excluding hydrogens is 434 g/mol. The Hall–Kier alpha value is 0.01000. The number of alkyl halides is 1. The van der Waals surface area contributed by atoms with Gasteiger partial charge in [-0.2, -0.15) is 0 Å². The third-order valence-electron chi connectivity index (χ3n) is 1.85. The molecule has 1 atom stereocenters. The van der Waals surface area contributed by atoms with Gasteiger partial charge >= 0.3 is 115 Å². The van der Waals surface area contributed by atoms with Gasteiger partial charge in [0.15, 0.2) is 0 Å². The molecule has 2 aliphatic heterocycles.